The Hall–Kier alpha value is -5.16. The number of hydrogen-bond donors (Lipinski definition) is 0. The molecular formula is C40H29BN2O2. The van der Waals surface area contributed by atoms with Crippen LogP contribution in [0.3, 0.4) is 0 Å². The summed E-state index contributed by atoms with van der Waals surface area (Å²) in [5, 5.41) is 2.25. The van der Waals surface area contributed by atoms with Gasteiger partial charge >= 0.3 is 6.71 Å². The lowest BCUT2D eigenvalue weighted by molar-refractivity contribution is 0.605. The first kappa shape index (κ1) is 24.2. The Morgan fingerprint density at radius 2 is 0.911 bits per heavy atom. The molecule has 4 nitrogen and oxygen atoms in total. The highest BCUT2D eigenvalue weighted by molar-refractivity contribution is 6.99. The van der Waals surface area contributed by atoms with Crippen molar-refractivity contribution in [2.45, 2.75) is 38.5 Å². The molecule has 2 aromatic heterocycles. The Morgan fingerprint density at radius 3 is 1.40 bits per heavy atom. The van der Waals surface area contributed by atoms with Crippen LogP contribution < -0.4 is 26.6 Å². The van der Waals surface area contributed by atoms with Gasteiger partial charge < -0.3 is 18.6 Å². The fraction of sp³-hybridized carbons (Fsp3) is 0.150. The summed E-state index contributed by atoms with van der Waals surface area (Å²) < 4.78 is 14.0. The van der Waals surface area contributed by atoms with E-state index in [9.17, 15) is 0 Å². The molecule has 0 aliphatic carbocycles. The maximum Gasteiger partial charge on any atom is 0.342 e. The molecule has 0 unspecified atom stereocenters. The highest BCUT2D eigenvalue weighted by Crippen LogP contribution is 2.61. The molecule has 0 spiro atoms. The third-order valence-electron chi connectivity index (χ3n) is 11.2. The number of para-hydroxylation sites is 4. The van der Waals surface area contributed by atoms with E-state index in [1.54, 1.807) is 0 Å². The second kappa shape index (κ2) is 7.55. The van der Waals surface area contributed by atoms with Crippen LogP contribution in [0.4, 0.5) is 34.1 Å². The number of hydrogen-bond acceptors (Lipinski definition) is 4. The molecule has 0 saturated heterocycles. The van der Waals surface area contributed by atoms with Gasteiger partial charge in [-0.3, -0.25) is 0 Å². The van der Waals surface area contributed by atoms with Crippen LogP contribution in [0.2, 0.25) is 0 Å². The fourth-order valence-electron chi connectivity index (χ4n) is 9.12. The summed E-state index contributed by atoms with van der Waals surface area (Å²) in [4.78, 5) is 5.03. The molecule has 0 saturated carbocycles. The van der Waals surface area contributed by atoms with Gasteiger partial charge in [0.25, 0.3) is 0 Å². The third-order valence-corrected chi connectivity index (χ3v) is 11.2. The predicted octanol–water partition coefficient (Wildman–Crippen LogP) is 8.54. The fourth-order valence-corrected chi connectivity index (χ4v) is 9.12. The predicted molar refractivity (Wildman–Crippen MR) is 184 cm³/mol. The zero-order valence-electron chi connectivity index (χ0n) is 25.6. The standard InChI is InChI=1S/C40H29BN2O2/c1-39(2)24-15-7-9-17-28(24)42-33-22-13-5-11-19-30(22)44-37(33)41-32-35(42)26(39)21-27-36(32)43(29-18-10-8-16-25(29)40(27,3)4)34-23-14-6-12-20-31(23)45-38(34)41/h5-21H,1-4H3. The zero-order chi connectivity index (χ0) is 30.0. The Morgan fingerprint density at radius 1 is 0.489 bits per heavy atom. The van der Waals surface area contributed by atoms with Crippen LogP contribution in [0.1, 0.15) is 49.9 Å². The van der Waals surface area contributed by atoms with Gasteiger partial charge in [-0.1, -0.05) is 88.4 Å². The number of anilines is 6. The van der Waals surface area contributed by atoms with E-state index < -0.39 is 0 Å². The average molecular weight is 580 g/mol. The average Bonchev–Trinajstić information content (AvgIpc) is 3.63. The minimum absolute atomic E-state index is 0.187. The molecule has 0 radical (unpaired) electrons. The summed E-state index contributed by atoms with van der Waals surface area (Å²) in [5.74, 6) is 0. The molecule has 0 bridgehead atoms. The minimum atomic E-state index is -0.221. The van der Waals surface area contributed by atoms with Crippen LogP contribution in [0, 0.1) is 0 Å². The topological polar surface area (TPSA) is 32.8 Å². The van der Waals surface area contributed by atoms with Crippen LogP contribution >= 0.6 is 0 Å². The Labute approximate surface area is 261 Å². The van der Waals surface area contributed by atoms with Crippen LogP contribution in [-0.4, -0.2) is 6.71 Å². The van der Waals surface area contributed by atoms with Gasteiger partial charge in [0.1, 0.15) is 22.5 Å². The van der Waals surface area contributed by atoms with Gasteiger partial charge in [0.05, 0.1) is 22.7 Å². The molecule has 6 heterocycles. The molecule has 7 aromatic rings. The minimum Gasteiger partial charge on any atom is -0.468 e. The lowest BCUT2D eigenvalue weighted by atomic mass is 9.36. The van der Waals surface area contributed by atoms with E-state index in [1.165, 1.54) is 50.5 Å². The molecule has 0 fully saturated rings. The van der Waals surface area contributed by atoms with Crippen molar-refractivity contribution in [3.05, 3.63) is 125 Å². The molecule has 4 aliphatic heterocycles. The first-order valence-electron chi connectivity index (χ1n) is 15.9. The molecule has 214 valence electrons. The van der Waals surface area contributed by atoms with Crippen molar-refractivity contribution in [2.24, 2.45) is 0 Å². The molecule has 5 aromatic carbocycles. The highest BCUT2D eigenvalue weighted by Gasteiger charge is 2.56. The summed E-state index contributed by atoms with van der Waals surface area (Å²) >= 11 is 0. The zero-order valence-corrected chi connectivity index (χ0v) is 25.6. The monoisotopic (exact) mass is 580 g/mol. The summed E-state index contributed by atoms with van der Waals surface area (Å²) in [6.07, 6.45) is 0. The van der Waals surface area contributed by atoms with E-state index in [0.29, 0.717) is 0 Å². The van der Waals surface area contributed by atoms with Gasteiger partial charge in [0, 0.05) is 33.0 Å². The summed E-state index contributed by atoms with van der Waals surface area (Å²) in [6.45, 7) is 9.38. The van der Waals surface area contributed by atoms with E-state index in [0.717, 1.165) is 44.6 Å². The molecule has 0 amide bonds. The summed E-state index contributed by atoms with van der Waals surface area (Å²) in [5.41, 5.74) is 17.1. The van der Waals surface area contributed by atoms with Crippen molar-refractivity contribution >= 4 is 79.6 Å². The smallest absolute Gasteiger partial charge is 0.342 e. The van der Waals surface area contributed by atoms with Crippen molar-refractivity contribution in [3.63, 3.8) is 0 Å². The summed E-state index contributed by atoms with van der Waals surface area (Å²) in [6, 6.07) is 37.4. The van der Waals surface area contributed by atoms with Crippen molar-refractivity contribution in [3.8, 4) is 0 Å². The third kappa shape index (κ3) is 2.58. The normalized spacial score (nSPS) is 17.1. The first-order valence-corrected chi connectivity index (χ1v) is 15.9. The Balaban J connectivity index is 1.40. The Bertz CT molecular complexity index is 2310. The summed E-state index contributed by atoms with van der Waals surface area (Å²) in [7, 11) is 0. The van der Waals surface area contributed by atoms with Gasteiger partial charge in [-0.25, -0.2) is 0 Å². The van der Waals surface area contributed by atoms with Crippen molar-refractivity contribution in [1.82, 2.24) is 0 Å². The number of benzene rings is 5. The van der Waals surface area contributed by atoms with Crippen LogP contribution in [0.5, 0.6) is 0 Å². The molecule has 0 N–H and O–H groups in total. The van der Waals surface area contributed by atoms with E-state index in [1.807, 2.05) is 0 Å². The number of fused-ring (bicyclic) bond motifs is 14. The van der Waals surface area contributed by atoms with Gasteiger partial charge in [0.15, 0.2) is 0 Å². The number of rotatable bonds is 0. The van der Waals surface area contributed by atoms with Crippen molar-refractivity contribution in [1.29, 1.82) is 0 Å². The molecule has 45 heavy (non-hydrogen) atoms. The SMILES string of the molecule is CC1(C)c2ccccc2N2c3c1cc1c4c3B(c3oc5ccccc5c32)c2oc3ccccc3c2N4c2ccccc2C1(C)C. The first-order chi connectivity index (χ1) is 21.9. The highest BCUT2D eigenvalue weighted by atomic mass is 16.3. The lowest BCUT2D eigenvalue weighted by Gasteiger charge is -2.52. The molecular weight excluding hydrogens is 551 g/mol. The maximum atomic E-state index is 6.98. The Kier molecular flexibility index (Phi) is 4.06. The largest absolute Gasteiger partial charge is 0.468 e. The van der Waals surface area contributed by atoms with Crippen LogP contribution in [-0.2, 0) is 10.8 Å². The van der Waals surface area contributed by atoms with Gasteiger partial charge in [-0.2, -0.15) is 0 Å². The van der Waals surface area contributed by atoms with Gasteiger partial charge in [-0.05, 0) is 70.2 Å². The number of nitrogens with zero attached hydrogens (tertiary/aromatic N) is 2. The molecule has 0 atom stereocenters. The lowest BCUT2D eigenvalue weighted by Crippen LogP contribution is -2.62. The van der Waals surface area contributed by atoms with Crippen LogP contribution in [0.15, 0.2) is 112 Å². The van der Waals surface area contributed by atoms with E-state index in [4.69, 9.17) is 8.83 Å². The van der Waals surface area contributed by atoms with Crippen molar-refractivity contribution in [2.75, 3.05) is 9.80 Å². The molecule has 11 rings (SSSR count). The van der Waals surface area contributed by atoms with E-state index in [-0.39, 0.29) is 17.5 Å². The van der Waals surface area contributed by atoms with Crippen molar-refractivity contribution < 1.29 is 8.83 Å². The molecule has 4 aliphatic rings. The number of furan rings is 2. The second-order valence-corrected chi connectivity index (χ2v) is 14.1. The molecule has 5 heteroatoms. The quantitative estimate of drug-likeness (QED) is 0.168. The van der Waals surface area contributed by atoms with Gasteiger partial charge in [-0.15, -0.1) is 0 Å². The van der Waals surface area contributed by atoms with E-state index in [2.05, 4.69) is 141 Å². The van der Waals surface area contributed by atoms with Crippen LogP contribution in [0.25, 0.3) is 21.9 Å². The van der Waals surface area contributed by atoms with Gasteiger partial charge in [0.2, 0.25) is 0 Å². The second-order valence-electron chi connectivity index (χ2n) is 14.1. The maximum absolute atomic E-state index is 6.98. The van der Waals surface area contributed by atoms with E-state index >= 15 is 0 Å².